The van der Waals surface area contributed by atoms with Gasteiger partial charge in [-0.3, -0.25) is 4.79 Å². The fraction of sp³-hybridized carbons (Fsp3) is 0.458. The van der Waals surface area contributed by atoms with Crippen molar-refractivity contribution in [2.45, 2.75) is 50.7 Å². The van der Waals surface area contributed by atoms with Crippen LogP contribution in [0.5, 0.6) is 0 Å². The molecule has 1 amide bonds. The third-order valence-electron chi connectivity index (χ3n) is 6.35. The predicted octanol–water partition coefficient (Wildman–Crippen LogP) is 3.79. The molecule has 2 atom stereocenters. The van der Waals surface area contributed by atoms with Gasteiger partial charge in [-0.2, -0.15) is 4.72 Å². The Morgan fingerprint density at radius 2 is 1.69 bits per heavy atom. The number of likely N-dealkylation sites (tertiary alicyclic amines) is 1. The number of carbonyl (C=O) groups is 1. The van der Waals surface area contributed by atoms with Crippen LogP contribution in [0.25, 0.3) is 0 Å². The minimum atomic E-state index is -3.85. The lowest BCUT2D eigenvalue weighted by Gasteiger charge is -2.51. The Kier molecular flexibility index (Phi) is 7.05. The summed E-state index contributed by atoms with van der Waals surface area (Å²) in [5.74, 6) is -0.535. The minimum Gasteiger partial charge on any atom is -0.384 e. The van der Waals surface area contributed by atoms with E-state index in [0.29, 0.717) is 24.5 Å². The van der Waals surface area contributed by atoms with Gasteiger partial charge in [0.25, 0.3) is 0 Å². The molecule has 2 aromatic carbocycles. The number of nitrogens with zero attached hydrogens (tertiary/aromatic N) is 1. The summed E-state index contributed by atoms with van der Waals surface area (Å²) < 4.78 is 28.3. The van der Waals surface area contributed by atoms with Gasteiger partial charge in [-0.05, 0) is 42.2 Å². The summed E-state index contributed by atoms with van der Waals surface area (Å²) >= 11 is 6.00. The third kappa shape index (κ3) is 4.86. The first-order valence-electron chi connectivity index (χ1n) is 10.7. The van der Waals surface area contributed by atoms with E-state index >= 15 is 0 Å². The number of benzene rings is 2. The van der Waals surface area contributed by atoms with Crippen molar-refractivity contribution >= 4 is 27.5 Å². The zero-order valence-corrected chi connectivity index (χ0v) is 20.4. The maximum absolute atomic E-state index is 13.4. The maximum Gasteiger partial charge on any atom is 0.241 e. The number of amides is 1. The summed E-state index contributed by atoms with van der Waals surface area (Å²) in [4.78, 5) is 15.2. The molecule has 174 valence electrons. The van der Waals surface area contributed by atoms with Crippen LogP contribution in [-0.4, -0.2) is 43.5 Å². The second-order valence-electron chi connectivity index (χ2n) is 9.42. The van der Waals surface area contributed by atoms with Gasteiger partial charge in [0.1, 0.15) is 6.04 Å². The molecule has 0 unspecified atom stereocenters. The maximum atomic E-state index is 13.4. The molecule has 0 bridgehead atoms. The number of aliphatic hydroxyl groups is 1. The van der Waals surface area contributed by atoms with Crippen LogP contribution in [0, 0.1) is 11.3 Å². The second kappa shape index (κ2) is 9.14. The quantitative estimate of drug-likeness (QED) is 0.661. The monoisotopic (exact) mass is 478 g/mol. The molecule has 0 aliphatic carbocycles. The average molecular weight is 479 g/mol. The lowest BCUT2D eigenvalue weighted by Crippen LogP contribution is -2.60. The molecule has 0 radical (unpaired) electrons. The highest BCUT2D eigenvalue weighted by atomic mass is 35.5. The molecule has 0 saturated carbocycles. The molecule has 3 rings (SSSR count). The van der Waals surface area contributed by atoms with Crippen molar-refractivity contribution in [1.29, 1.82) is 0 Å². The van der Waals surface area contributed by atoms with Gasteiger partial charge in [-0.25, -0.2) is 8.42 Å². The number of halogens is 1. The average Bonchev–Trinajstić information content (AvgIpc) is 2.74. The molecule has 1 heterocycles. The molecular formula is C24H31ClN2O4S. The topological polar surface area (TPSA) is 86.7 Å². The Morgan fingerprint density at radius 3 is 2.22 bits per heavy atom. The van der Waals surface area contributed by atoms with Gasteiger partial charge in [-0.1, -0.05) is 69.6 Å². The van der Waals surface area contributed by atoms with Crippen LogP contribution in [0.2, 0.25) is 5.02 Å². The summed E-state index contributed by atoms with van der Waals surface area (Å²) in [6, 6.07) is 14.2. The number of carbonyl (C=O) groups excluding carboxylic acids is 1. The van der Waals surface area contributed by atoms with Crippen molar-refractivity contribution in [2.24, 2.45) is 11.3 Å². The van der Waals surface area contributed by atoms with E-state index in [2.05, 4.69) is 4.72 Å². The standard InChI is InChI=1S/C24H31ClN2O4S/c1-17(2)21(26-32(30,31)20-8-6-5-7-9-20)22(28)27-15-14-24(29,23(3,4)16-27)18-10-12-19(25)13-11-18/h5-13,17,21,26,29H,14-16H2,1-4H3/t21-,24+/m1/s1. The van der Waals surface area contributed by atoms with Crippen molar-refractivity contribution in [3.05, 3.63) is 65.2 Å². The Balaban J connectivity index is 1.81. The van der Waals surface area contributed by atoms with E-state index in [0.717, 1.165) is 5.56 Å². The summed E-state index contributed by atoms with van der Waals surface area (Å²) in [5, 5.41) is 12.1. The smallest absolute Gasteiger partial charge is 0.241 e. The zero-order valence-electron chi connectivity index (χ0n) is 18.9. The molecule has 1 aliphatic rings. The number of piperidine rings is 1. The Labute approximate surface area is 195 Å². The normalized spacial score (nSPS) is 22.0. The molecular weight excluding hydrogens is 448 g/mol. The summed E-state index contributed by atoms with van der Waals surface area (Å²) in [6.07, 6.45) is 0.337. The number of rotatable bonds is 6. The number of hydrogen-bond acceptors (Lipinski definition) is 4. The summed E-state index contributed by atoms with van der Waals surface area (Å²) in [5.41, 5.74) is -1.04. The van der Waals surface area contributed by atoms with Gasteiger partial charge in [0.15, 0.2) is 0 Å². The third-order valence-corrected chi connectivity index (χ3v) is 8.06. The molecule has 1 saturated heterocycles. The van der Waals surface area contributed by atoms with Crippen LogP contribution < -0.4 is 4.72 Å². The van der Waals surface area contributed by atoms with E-state index in [-0.39, 0.29) is 16.7 Å². The highest BCUT2D eigenvalue weighted by Crippen LogP contribution is 2.46. The fourth-order valence-corrected chi connectivity index (χ4v) is 5.76. The van der Waals surface area contributed by atoms with Gasteiger partial charge < -0.3 is 10.0 Å². The number of nitrogens with one attached hydrogen (secondary N) is 1. The van der Waals surface area contributed by atoms with E-state index in [1.807, 2.05) is 39.8 Å². The molecule has 0 aromatic heterocycles. The van der Waals surface area contributed by atoms with E-state index in [4.69, 9.17) is 11.6 Å². The van der Waals surface area contributed by atoms with E-state index < -0.39 is 27.1 Å². The molecule has 32 heavy (non-hydrogen) atoms. The van der Waals surface area contributed by atoms with Gasteiger partial charge in [0.05, 0.1) is 10.5 Å². The summed E-state index contributed by atoms with van der Waals surface area (Å²) in [7, 11) is -3.85. The highest BCUT2D eigenvalue weighted by molar-refractivity contribution is 7.89. The first kappa shape index (κ1) is 24.7. The Bertz CT molecular complexity index is 1060. The molecule has 8 heteroatoms. The lowest BCUT2D eigenvalue weighted by atomic mass is 9.66. The lowest BCUT2D eigenvalue weighted by molar-refractivity contribution is -0.155. The second-order valence-corrected chi connectivity index (χ2v) is 11.6. The van der Waals surface area contributed by atoms with E-state index in [1.165, 1.54) is 12.1 Å². The van der Waals surface area contributed by atoms with Crippen molar-refractivity contribution in [3.63, 3.8) is 0 Å². The van der Waals surface area contributed by atoms with Crippen molar-refractivity contribution in [3.8, 4) is 0 Å². The first-order chi connectivity index (χ1) is 14.9. The molecule has 1 aliphatic heterocycles. The van der Waals surface area contributed by atoms with E-state index in [9.17, 15) is 18.3 Å². The largest absolute Gasteiger partial charge is 0.384 e. The summed E-state index contributed by atoms with van der Waals surface area (Å²) in [6.45, 7) is 8.07. The first-order valence-corrected chi connectivity index (χ1v) is 12.6. The van der Waals surface area contributed by atoms with Crippen molar-refractivity contribution in [2.75, 3.05) is 13.1 Å². The zero-order chi connectivity index (χ0) is 23.7. The molecule has 1 fully saturated rings. The predicted molar refractivity (Wildman–Crippen MR) is 126 cm³/mol. The minimum absolute atomic E-state index is 0.120. The van der Waals surface area contributed by atoms with Crippen LogP contribution in [0.3, 0.4) is 0 Å². The number of hydrogen-bond donors (Lipinski definition) is 2. The number of sulfonamides is 1. The molecule has 6 nitrogen and oxygen atoms in total. The Hall–Kier alpha value is -1.93. The molecule has 0 spiro atoms. The van der Waals surface area contributed by atoms with Crippen LogP contribution in [-0.2, 0) is 20.4 Å². The highest BCUT2D eigenvalue weighted by Gasteiger charge is 2.50. The van der Waals surface area contributed by atoms with E-state index in [1.54, 1.807) is 35.2 Å². The Morgan fingerprint density at radius 1 is 1.09 bits per heavy atom. The van der Waals surface area contributed by atoms with Gasteiger partial charge in [0, 0.05) is 23.5 Å². The van der Waals surface area contributed by atoms with Gasteiger partial charge in [0.2, 0.25) is 15.9 Å². The molecule has 2 N–H and O–H groups in total. The van der Waals surface area contributed by atoms with Crippen molar-refractivity contribution < 1.29 is 18.3 Å². The van der Waals surface area contributed by atoms with Crippen LogP contribution >= 0.6 is 11.6 Å². The SMILES string of the molecule is CC(C)[C@@H](NS(=O)(=O)c1ccccc1)C(=O)N1CC[C@](O)(c2ccc(Cl)cc2)C(C)(C)C1. The van der Waals surface area contributed by atoms with Crippen molar-refractivity contribution in [1.82, 2.24) is 9.62 Å². The van der Waals surface area contributed by atoms with Crippen LogP contribution in [0.1, 0.15) is 39.7 Å². The van der Waals surface area contributed by atoms with Gasteiger partial charge >= 0.3 is 0 Å². The fourth-order valence-electron chi connectivity index (χ4n) is 4.27. The van der Waals surface area contributed by atoms with Crippen LogP contribution in [0.4, 0.5) is 0 Å². The van der Waals surface area contributed by atoms with Gasteiger partial charge in [-0.15, -0.1) is 0 Å². The van der Waals surface area contributed by atoms with Crippen LogP contribution in [0.15, 0.2) is 59.5 Å². The molecule has 2 aromatic rings.